The largest absolute Gasteiger partial charge is 0.325 e. The van der Waals surface area contributed by atoms with E-state index < -0.39 is 15.7 Å². The minimum absolute atomic E-state index is 0.160. The van der Waals surface area contributed by atoms with Crippen molar-refractivity contribution in [1.82, 2.24) is 5.32 Å². The molecule has 7 heteroatoms. The molecule has 0 aromatic heterocycles. The van der Waals surface area contributed by atoms with Crippen molar-refractivity contribution in [1.29, 1.82) is 5.41 Å². The molecule has 3 N–H and O–H groups in total. The molecule has 0 bridgehead atoms. The van der Waals surface area contributed by atoms with E-state index in [0.29, 0.717) is 12.3 Å². The minimum atomic E-state index is -4.26. The zero-order chi connectivity index (χ0) is 16.0. The first kappa shape index (κ1) is 14.7. The van der Waals surface area contributed by atoms with Crippen molar-refractivity contribution in [2.45, 2.75) is 18.9 Å². The van der Waals surface area contributed by atoms with Gasteiger partial charge in [-0.05, 0) is 25.5 Å². The van der Waals surface area contributed by atoms with Gasteiger partial charge in [-0.25, -0.2) is 0 Å². The predicted molar refractivity (Wildman–Crippen MR) is 84.7 cm³/mol. The Kier molecular flexibility index (Phi) is 3.26. The Balaban J connectivity index is 2.05. The summed E-state index contributed by atoms with van der Waals surface area (Å²) in [6.07, 6.45) is 4.98. The Bertz CT molecular complexity index is 853. The zero-order valence-electron chi connectivity index (χ0n) is 11.9. The SMILES string of the molecule is CC1(/N=C2\NC(=N)c3ccccc32)C=C(S(=O)(=O)O)C=CC1. The van der Waals surface area contributed by atoms with Gasteiger partial charge in [-0.3, -0.25) is 15.0 Å². The van der Waals surface area contributed by atoms with Crippen molar-refractivity contribution < 1.29 is 13.0 Å². The van der Waals surface area contributed by atoms with E-state index in [1.54, 1.807) is 13.0 Å². The van der Waals surface area contributed by atoms with Gasteiger partial charge < -0.3 is 5.32 Å². The van der Waals surface area contributed by atoms with Crippen molar-refractivity contribution in [3.63, 3.8) is 0 Å². The summed E-state index contributed by atoms with van der Waals surface area (Å²) in [5.41, 5.74) is 0.764. The van der Waals surface area contributed by atoms with E-state index in [-0.39, 0.29) is 10.7 Å². The lowest BCUT2D eigenvalue weighted by Gasteiger charge is -2.24. The third-order valence-electron chi connectivity index (χ3n) is 3.63. The van der Waals surface area contributed by atoms with E-state index in [2.05, 4.69) is 10.3 Å². The molecule has 1 atom stereocenters. The smallest absolute Gasteiger partial charge is 0.294 e. The molecular formula is C15H15N3O3S. The number of nitrogens with zero attached hydrogens (tertiary/aromatic N) is 1. The van der Waals surface area contributed by atoms with Crippen LogP contribution < -0.4 is 5.32 Å². The van der Waals surface area contributed by atoms with Crippen molar-refractivity contribution >= 4 is 21.8 Å². The molecule has 114 valence electrons. The first-order valence-corrected chi connectivity index (χ1v) is 8.15. The molecule has 2 aliphatic rings. The molecule has 1 aliphatic heterocycles. The summed E-state index contributed by atoms with van der Waals surface area (Å²) >= 11 is 0. The van der Waals surface area contributed by atoms with Crippen LogP contribution in [0.3, 0.4) is 0 Å². The fourth-order valence-electron chi connectivity index (χ4n) is 2.57. The molecule has 1 aliphatic carbocycles. The minimum Gasteiger partial charge on any atom is -0.325 e. The normalized spacial score (nSPS) is 25.8. The summed E-state index contributed by atoms with van der Waals surface area (Å²) < 4.78 is 31.8. The lowest BCUT2D eigenvalue weighted by atomic mass is 9.94. The maximum Gasteiger partial charge on any atom is 0.294 e. The molecule has 3 rings (SSSR count). The second kappa shape index (κ2) is 4.89. The van der Waals surface area contributed by atoms with Crippen LogP contribution in [0.2, 0.25) is 0 Å². The zero-order valence-corrected chi connectivity index (χ0v) is 12.7. The number of benzene rings is 1. The van der Waals surface area contributed by atoms with Crippen molar-refractivity contribution in [2.24, 2.45) is 4.99 Å². The third-order valence-corrected chi connectivity index (χ3v) is 4.48. The van der Waals surface area contributed by atoms with Crippen LogP contribution in [0, 0.1) is 5.41 Å². The van der Waals surface area contributed by atoms with Gasteiger partial charge in [0.25, 0.3) is 10.1 Å². The molecule has 0 radical (unpaired) electrons. The van der Waals surface area contributed by atoms with Crippen LogP contribution >= 0.6 is 0 Å². The Hall–Kier alpha value is -2.25. The Morgan fingerprint density at radius 3 is 2.68 bits per heavy atom. The second-order valence-electron chi connectivity index (χ2n) is 5.49. The molecule has 1 heterocycles. The first-order chi connectivity index (χ1) is 10.3. The summed E-state index contributed by atoms with van der Waals surface area (Å²) in [5, 5.41) is 10.8. The van der Waals surface area contributed by atoms with Gasteiger partial charge in [-0.15, -0.1) is 0 Å². The lowest BCUT2D eigenvalue weighted by molar-refractivity contribution is 0.489. The van der Waals surface area contributed by atoms with Gasteiger partial charge >= 0.3 is 0 Å². The summed E-state index contributed by atoms with van der Waals surface area (Å²) in [6, 6.07) is 7.39. The molecule has 0 saturated carbocycles. The van der Waals surface area contributed by atoms with E-state index in [0.717, 1.165) is 11.1 Å². The monoisotopic (exact) mass is 317 g/mol. The van der Waals surface area contributed by atoms with Crippen molar-refractivity contribution in [3.8, 4) is 0 Å². The molecule has 0 amide bonds. The van der Waals surface area contributed by atoms with E-state index in [9.17, 15) is 13.0 Å². The number of hydrogen-bond acceptors (Lipinski definition) is 4. The Morgan fingerprint density at radius 2 is 2.00 bits per heavy atom. The number of fused-ring (bicyclic) bond motifs is 1. The van der Waals surface area contributed by atoms with E-state index in [4.69, 9.17) is 5.41 Å². The van der Waals surface area contributed by atoms with Crippen LogP contribution in [0.4, 0.5) is 0 Å². The molecule has 22 heavy (non-hydrogen) atoms. The van der Waals surface area contributed by atoms with E-state index >= 15 is 0 Å². The van der Waals surface area contributed by atoms with Crippen LogP contribution in [0.25, 0.3) is 0 Å². The van der Waals surface area contributed by atoms with Gasteiger partial charge in [0.2, 0.25) is 0 Å². The van der Waals surface area contributed by atoms with Crippen molar-refractivity contribution in [3.05, 3.63) is 58.5 Å². The fourth-order valence-corrected chi connectivity index (χ4v) is 3.24. The molecule has 1 aromatic carbocycles. The number of amidine groups is 2. The van der Waals surface area contributed by atoms with Gasteiger partial charge in [-0.1, -0.05) is 30.3 Å². The Morgan fingerprint density at radius 1 is 1.32 bits per heavy atom. The quantitative estimate of drug-likeness (QED) is 0.724. The fraction of sp³-hybridized carbons (Fsp3) is 0.200. The maximum atomic E-state index is 11.3. The van der Waals surface area contributed by atoms with Crippen LogP contribution in [0.15, 0.2) is 52.4 Å². The van der Waals surface area contributed by atoms with Crippen LogP contribution in [-0.2, 0) is 10.1 Å². The molecule has 6 nitrogen and oxygen atoms in total. The highest BCUT2D eigenvalue weighted by Gasteiger charge is 2.30. The highest BCUT2D eigenvalue weighted by molar-refractivity contribution is 7.90. The van der Waals surface area contributed by atoms with E-state index in [1.807, 2.05) is 24.3 Å². The highest BCUT2D eigenvalue weighted by atomic mass is 32.2. The molecular weight excluding hydrogens is 302 g/mol. The molecule has 0 fully saturated rings. The molecule has 0 saturated heterocycles. The average molecular weight is 317 g/mol. The summed E-state index contributed by atoms with van der Waals surface area (Å²) in [6.45, 7) is 1.78. The number of hydrogen-bond donors (Lipinski definition) is 3. The van der Waals surface area contributed by atoms with Gasteiger partial charge in [-0.2, -0.15) is 8.42 Å². The highest BCUT2D eigenvalue weighted by Crippen LogP contribution is 2.29. The second-order valence-corrected chi connectivity index (χ2v) is 6.91. The number of allylic oxidation sites excluding steroid dienone is 1. The molecule has 1 aromatic rings. The van der Waals surface area contributed by atoms with Gasteiger partial charge in [0.15, 0.2) is 0 Å². The van der Waals surface area contributed by atoms with Crippen LogP contribution in [-0.4, -0.2) is 30.2 Å². The topological polar surface area (TPSA) is 103 Å². The summed E-state index contributed by atoms with van der Waals surface area (Å²) in [4.78, 5) is 4.42. The average Bonchev–Trinajstić information content (AvgIpc) is 2.74. The van der Waals surface area contributed by atoms with Gasteiger partial charge in [0.1, 0.15) is 11.7 Å². The summed E-state index contributed by atoms with van der Waals surface area (Å²) in [7, 11) is -4.26. The maximum absolute atomic E-state index is 11.3. The Labute approximate surface area is 128 Å². The first-order valence-electron chi connectivity index (χ1n) is 6.71. The van der Waals surface area contributed by atoms with E-state index in [1.165, 1.54) is 12.2 Å². The van der Waals surface area contributed by atoms with Crippen LogP contribution in [0.1, 0.15) is 24.5 Å². The number of rotatable bonds is 2. The van der Waals surface area contributed by atoms with Gasteiger partial charge in [0.05, 0.1) is 10.4 Å². The third kappa shape index (κ3) is 2.60. The lowest BCUT2D eigenvalue weighted by Crippen LogP contribution is -2.29. The standard InChI is InChI=1S/C15H15N3O3S/c1-15(8-4-5-10(9-15)22(19,20)21)18-14-12-7-3-2-6-11(12)13(16)17-14/h2-7,9H,8H2,1H3,(H2,16,17,18)(H,19,20,21). The summed E-state index contributed by atoms with van der Waals surface area (Å²) in [5.74, 6) is 0.799. The van der Waals surface area contributed by atoms with Crippen LogP contribution in [0.5, 0.6) is 0 Å². The molecule has 0 spiro atoms. The number of aliphatic imine (C=N–C) groups is 1. The number of nitrogens with one attached hydrogen (secondary N) is 2. The van der Waals surface area contributed by atoms with Crippen molar-refractivity contribution in [2.75, 3.05) is 0 Å². The van der Waals surface area contributed by atoms with Gasteiger partial charge in [0, 0.05) is 11.1 Å². The molecule has 1 unspecified atom stereocenters. The predicted octanol–water partition coefficient (Wildman–Crippen LogP) is 1.85.